The van der Waals surface area contributed by atoms with Gasteiger partial charge in [-0.15, -0.1) is 0 Å². The molecule has 0 aliphatic rings. The molecule has 9 heteroatoms. The smallest absolute Gasteiger partial charge is 0.326 e. The second-order valence-corrected chi connectivity index (χ2v) is 9.33. The monoisotopic (exact) mass is 484 g/mol. The summed E-state index contributed by atoms with van der Waals surface area (Å²) in [5, 5.41) is 13.2. The number of benzene rings is 1. The minimum atomic E-state index is -0.903. The topological polar surface area (TPSA) is 108 Å². The number of aromatic nitrogens is 3. The Balaban J connectivity index is 1.98. The van der Waals surface area contributed by atoms with E-state index in [1.54, 1.807) is 52.6 Å². The molecule has 2 aromatic heterocycles. The van der Waals surface area contributed by atoms with Gasteiger partial charge in [0.1, 0.15) is 11.9 Å². The lowest BCUT2D eigenvalue weighted by molar-refractivity contribution is -0.152. The lowest BCUT2D eigenvalue weighted by Gasteiger charge is -2.21. The summed E-state index contributed by atoms with van der Waals surface area (Å²) in [4.78, 5) is 29.5. The molecule has 0 bridgehead atoms. The van der Waals surface area contributed by atoms with Gasteiger partial charge in [-0.2, -0.15) is 0 Å². The Morgan fingerprint density at radius 2 is 1.91 bits per heavy atom. The lowest BCUT2D eigenvalue weighted by atomic mass is 10.1. The summed E-state index contributed by atoms with van der Waals surface area (Å²) in [6.07, 6.45) is 0.583. The summed E-state index contributed by atoms with van der Waals surface area (Å²) >= 11 is 0. The van der Waals surface area contributed by atoms with Crippen LogP contribution in [0.1, 0.15) is 38.8 Å². The second kappa shape index (κ2) is 11.2. The number of nitrogens with one attached hydrogen (secondary N) is 1. The molecule has 1 unspecified atom stereocenters. The van der Waals surface area contributed by atoms with Crippen LogP contribution in [0.4, 0.5) is 0 Å². The van der Waals surface area contributed by atoms with Crippen molar-refractivity contribution in [2.24, 2.45) is 7.05 Å². The van der Waals surface area contributed by atoms with Gasteiger partial charge in [0.15, 0.2) is 0 Å². The number of fused-ring (bicyclic) bond motifs is 1. The van der Waals surface area contributed by atoms with Crippen LogP contribution in [0.15, 0.2) is 35.3 Å². The molecule has 0 aliphatic heterocycles. The molecule has 9 nitrogen and oxygen atoms in total. The Bertz CT molecular complexity index is 1220. The van der Waals surface area contributed by atoms with Crippen molar-refractivity contribution in [2.75, 3.05) is 7.11 Å². The van der Waals surface area contributed by atoms with E-state index in [4.69, 9.17) is 14.5 Å². The molecule has 0 aliphatic carbocycles. The van der Waals surface area contributed by atoms with Gasteiger partial charge in [0.2, 0.25) is 0 Å². The number of aryl methyl sites for hydroxylation is 2. The molecule has 1 aromatic carbocycles. The third-order valence-electron chi connectivity index (χ3n) is 5.89. The number of nitrogens with zero attached hydrogens (tertiary/aromatic N) is 3. The van der Waals surface area contributed by atoms with E-state index in [1.807, 2.05) is 31.2 Å². The number of imidazole rings is 1. The van der Waals surface area contributed by atoms with Crippen molar-refractivity contribution in [3.8, 4) is 11.4 Å². The van der Waals surface area contributed by atoms with Crippen molar-refractivity contribution in [1.82, 2.24) is 19.4 Å². The van der Waals surface area contributed by atoms with Crippen molar-refractivity contribution in [1.29, 1.82) is 0 Å². The van der Waals surface area contributed by atoms with Crippen molar-refractivity contribution in [2.45, 2.75) is 72.1 Å². The Kier molecular flexibility index (Phi) is 8.47. The number of rotatable bonds is 10. The van der Waals surface area contributed by atoms with Gasteiger partial charge in [-0.25, -0.2) is 4.98 Å². The number of aliphatic hydroxyl groups is 1. The third-order valence-corrected chi connectivity index (χ3v) is 5.89. The molecule has 3 aromatic rings. The number of methoxy groups -OCH3 is 1. The highest BCUT2D eigenvalue weighted by Crippen LogP contribution is 2.26. The van der Waals surface area contributed by atoms with E-state index in [0.717, 1.165) is 28.0 Å². The zero-order valence-corrected chi connectivity index (χ0v) is 21.5. The highest BCUT2D eigenvalue weighted by atomic mass is 16.5. The molecule has 3 rings (SSSR count). The summed E-state index contributed by atoms with van der Waals surface area (Å²) < 4.78 is 14.4. The van der Waals surface area contributed by atoms with E-state index in [0.29, 0.717) is 18.7 Å². The summed E-state index contributed by atoms with van der Waals surface area (Å²) in [6.45, 7) is 9.84. The molecule has 0 radical (unpaired) electrons. The van der Waals surface area contributed by atoms with Crippen molar-refractivity contribution in [3.63, 3.8) is 0 Å². The number of hydrogen-bond donors (Lipinski definition) is 2. The Labute approximate surface area is 205 Å². The zero-order chi connectivity index (χ0) is 25.9. The number of carbonyl (C=O) groups excluding carboxylic acids is 1. The lowest BCUT2D eigenvalue weighted by Crippen LogP contribution is -2.46. The summed E-state index contributed by atoms with van der Waals surface area (Å²) in [5.74, 6) is 0.260. The fourth-order valence-electron chi connectivity index (χ4n) is 4.01. The number of carbonyl (C=O) groups is 1. The van der Waals surface area contributed by atoms with E-state index in [2.05, 4.69) is 9.88 Å². The normalized spacial score (nSPS) is 14.3. The van der Waals surface area contributed by atoms with E-state index in [1.165, 1.54) is 0 Å². The quantitative estimate of drug-likeness (QED) is 0.426. The number of ether oxygens (including phenoxy) is 2. The van der Waals surface area contributed by atoms with E-state index < -0.39 is 18.1 Å². The molecule has 3 atom stereocenters. The highest BCUT2D eigenvalue weighted by Gasteiger charge is 2.25. The zero-order valence-electron chi connectivity index (χ0n) is 21.5. The first-order valence-corrected chi connectivity index (χ1v) is 11.8. The molecule has 0 fully saturated rings. The van der Waals surface area contributed by atoms with Crippen molar-refractivity contribution < 1.29 is 19.4 Å². The molecule has 0 saturated heterocycles. The predicted octanol–water partition coefficient (Wildman–Crippen LogP) is 2.54. The van der Waals surface area contributed by atoms with Crippen LogP contribution in [0.3, 0.4) is 0 Å². The number of aliphatic hydroxyl groups excluding tert-OH is 1. The Morgan fingerprint density at radius 1 is 1.20 bits per heavy atom. The summed E-state index contributed by atoms with van der Waals surface area (Å²) in [6, 6.07) is 6.93. The van der Waals surface area contributed by atoms with Gasteiger partial charge in [0, 0.05) is 38.0 Å². The van der Waals surface area contributed by atoms with Gasteiger partial charge in [-0.1, -0.05) is 6.07 Å². The first kappa shape index (κ1) is 26.6. The molecular formula is C26H36N4O5. The molecule has 0 amide bonds. The summed E-state index contributed by atoms with van der Waals surface area (Å²) in [7, 11) is 3.41. The maximum atomic E-state index is 12.3. The first-order valence-electron chi connectivity index (χ1n) is 11.8. The Morgan fingerprint density at radius 3 is 2.51 bits per heavy atom. The third kappa shape index (κ3) is 6.17. The molecule has 35 heavy (non-hydrogen) atoms. The Hall–Kier alpha value is -3.01. The van der Waals surface area contributed by atoms with Crippen LogP contribution in [0.25, 0.3) is 22.4 Å². The van der Waals surface area contributed by atoms with Gasteiger partial charge < -0.3 is 23.7 Å². The summed E-state index contributed by atoms with van der Waals surface area (Å²) in [5.41, 5.74) is 4.07. The van der Waals surface area contributed by atoms with Crippen molar-refractivity contribution in [3.05, 3.63) is 51.9 Å². The minimum Gasteiger partial charge on any atom is -0.462 e. The van der Waals surface area contributed by atoms with Gasteiger partial charge in [0.05, 0.1) is 35.9 Å². The van der Waals surface area contributed by atoms with Crippen LogP contribution >= 0.6 is 0 Å². The van der Waals surface area contributed by atoms with E-state index in [-0.39, 0.29) is 17.8 Å². The minimum absolute atomic E-state index is 0.0418. The number of hydrogen-bond acceptors (Lipinski definition) is 7. The van der Waals surface area contributed by atoms with Crippen LogP contribution in [-0.4, -0.2) is 56.7 Å². The van der Waals surface area contributed by atoms with Gasteiger partial charge in [-0.3, -0.25) is 14.9 Å². The molecule has 190 valence electrons. The fourth-order valence-corrected chi connectivity index (χ4v) is 4.01. The maximum absolute atomic E-state index is 12.3. The van der Waals surface area contributed by atoms with Gasteiger partial charge >= 0.3 is 5.97 Å². The van der Waals surface area contributed by atoms with Crippen LogP contribution in [0, 0.1) is 6.92 Å². The van der Waals surface area contributed by atoms with E-state index >= 15 is 0 Å². The average Bonchev–Trinajstić information content (AvgIpc) is 3.13. The van der Waals surface area contributed by atoms with Crippen LogP contribution in [0.2, 0.25) is 0 Å². The van der Waals surface area contributed by atoms with Gasteiger partial charge in [-0.05, 0) is 58.4 Å². The van der Waals surface area contributed by atoms with Crippen molar-refractivity contribution >= 4 is 17.0 Å². The molecule has 0 saturated carbocycles. The predicted molar refractivity (Wildman–Crippen MR) is 135 cm³/mol. The largest absolute Gasteiger partial charge is 0.462 e. The first-order chi connectivity index (χ1) is 16.5. The molecule has 2 heterocycles. The fraction of sp³-hybridized carbons (Fsp3) is 0.500. The number of esters is 1. The standard InChI is InChI=1S/C26H36N4O5/c1-15(2)35-26(33)23(18(5)31)27-12-19-8-9-22-21(11-19)28-24(30(22)13-17(4)34-7)20-10-16(3)25(32)29(6)14-20/h8-11,14-15,17-18,23,27,31H,12-13H2,1-7H3/t17?,18-,23+/m1/s1. The number of pyridine rings is 1. The van der Waals surface area contributed by atoms with Crippen LogP contribution in [0.5, 0.6) is 0 Å². The highest BCUT2D eigenvalue weighted by molar-refractivity contribution is 5.81. The average molecular weight is 485 g/mol. The van der Waals surface area contributed by atoms with Crippen LogP contribution < -0.4 is 10.9 Å². The van der Waals surface area contributed by atoms with Crippen LogP contribution in [-0.2, 0) is 34.4 Å². The molecular weight excluding hydrogens is 448 g/mol. The molecule has 2 N–H and O–H groups in total. The van der Waals surface area contributed by atoms with E-state index in [9.17, 15) is 14.7 Å². The van der Waals surface area contributed by atoms with Gasteiger partial charge in [0.25, 0.3) is 5.56 Å². The molecule has 0 spiro atoms. The second-order valence-electron chi connectivity index (χ2n) is 9.33. The SMILES string of the molecule is COC(C)Cn1c(-c2cc(C)c(=O)n(C)c2)nc2cc(CN[C@H](C(=O)OC(C)C)[C@@H](C)O)ccc21. The maximum Gasteiger partial charge on any atom is 0.326 e.